The molecule has 1 unspecified atom stereocenters. The summed E-state index contributed by atoms with van der Waals surface area (Å²) in [5.74, 6) is 0.622. The lowest BCUT2D eigenvalue weighted by Gasteiger charge is -2.31. The highest BCUT2D eigenvalue weighted by atomic mass is 16.5. The summed E-state index contributed by atoms with van der Waals surface area (Å²) in [5.41, 5.74) is 15.1. The molecule has 1 aliphatic heterocycles. The van der Waals surface area contributed by atoms with E-state index in [2.05, 4.69) is 17.6 Å². The van der Waals surface area contributed by atoms with Gasteiger partial charge < -0.3 is 26.8 Å². The number of nitrogens with one attached hydrogen (secondary N) is 2. The molecule has 0 aliphatic carbocycles. The fourth-order valence-corrected chi connectivity index (χ4v) is 2.31. The first-order valence-electron chi connectivity index (χ1n) is 6.43. The van der Waals surface area contributed by atoms with Crippen LogP contribution in [0.3, 0.4) is 0 Å². The van der Waals surface area contributed by atoms with Gasteiger partial charge in [0.05, 0.1) is 29.9 Å². The van der Waals surface area contributed by atoms with Crippen LogP contribution in [0.25, 0.3) is 0 Å². The highest BCUT2D eigenvalue weighted by Crippen LogP contribution is 2.43. The number of rotatable bonds is 4. The van der Waals surface area contributed by atoms with Gasteiger partial charge in [-0.2, -0.15) is 0 Å². The largest absolute Gasteiger partial charge is 0.494 e. The molecule has 18 heavy (non-hydrogen) atoms. The van der Waals surface area contributed by atoms with E-state index in [9.17, 15) is 0 Å². The quantitative estimate of drug-likeness (QED) is 0.616. The minimum absolute atomic E-state index is 0.395. The molecular formula is C13H22N4O. The number of hydrogen-bond acceptors (Lipinski definition) is 5. The van der Waals surface area contributed by atoms with Crippen LogP contribution in [0.5, 0.6) is 5.75 Å². The van der Waals surface area contributed by atoms with Crippen LogP contribution in [0.1, 0.15) is 26.2 Å². The molecule has 0 radical (unpaired) electrons. The summed E-state index contributed by atoms with van der Waals surface area (Å²) < 4.78 is 5.24. The fraction of sp³-hybridized carbons (Fsp3) is 0.538. The summed E-state index contributed by atoms with van der Waals surface area (Å²) in [6.45, 7) is 3.07. The van der Waals surface area contributed by atoms with E-state index >= 15 is 0 Å². The minimum Gasteiger partial charge on any atom is -0.494 e. The van der Waals surface area contributed by atoms with Crippen molar-refractivity contribution < 1.29 is 4.74 Å². The zero-order valence-electron chi connectivity index (χ0n) is 11.0. The van der Waals surface area contributed by atoms with Crippen molar-refractivity contribution in [2.24, 2.45) is 0 Å². The predicted molar refractivity (Wildman–Crippen MR) is 77.2 cm³/mol. The first-order chi connectivity index (χ1) is 8.67. The average molecular weight is 250 g/mol. The minimum atomic E-state index is 0.395. The number of nitrogen functional groups attached to an aromatic ring is 2. The lowest BCUT2D eigenvalue weighted by molar-refractivity contribution is 0.417. The summed E-state index contributed by atoms with van der Waals surface area (Å²) in [7, 11) is 1.60. The Balaban J connectivity index is 2.27. The average Bonchev–Trinajstić information content (AvgIpc) is 2.40. The number of anilines is 4. The summed E-state index contributed by atoms with van der Waals surface area (Å²) in [6.07, 6.45) is 3.52. The van der Waals surface area contributed by atoms with Gasteiger partial charge >= 0.3 is 0 Å². The number of hydrogen-bond donors (Lipinski definition) is 4. The van der Waals surface area contributed by atoms with Crippen molar-refractivity contribution in [1.29, 1.82) is 0 Å². The molecule has 1 aromatic carbocycles. The van der Waals surface area contributed by atoms with Gasteiger partial charge in [0.15, 0.2) is 0 Å². The predicted octanol–water partition coefficient (Wildman–Crippen LogP) is 2.26. The SMILES string of the molecule is CCCCC1CNc2c(N)cc(OC)c(N)c2N1. The highest BCUT2D eigenvalue weighted by Gasteiger charge is 2.23. The Morgan fingerprint density at radius 3 is 2.83 bits per heavy atom. The molecule has 1 aromatic rings. The molecule has 2 rings (SSSR count). The Hall–Kier alpha value is -1.78. The van der Waals surface area contributed by atoms with E-state index in [1.165, 1.54) is 12.8 Å². The van der Waals surface area contributed by atoms with Crippen LogP contribution in [-0.4, -0.2) is 19.7 Å². The van der Waals surface area contributed by atoms with Crippen LogP contribution in [0.15, 0.2) is 6.07 Å². The number of benzene rings is 1. The third-order valence-corrected chi connectivity index (χ3v) is 3.36. The van der Waals surface area contributed by atoms with Gasteiger partial charge in [0.25, 0.3) is 0 Å². The van der Waals surface area contributed by atoms with Gasteiger partial charge in [-0.15, -0.1) is 0 Å². The molecule has 0 amide bonds. The summed E-state index contributed by atoms with van der Waals surface area (Å²) >= 11 is 0. The molecule has 0 saturated carbocycles. The summed E-state index contributed by atoms with van der Waals surface area (Å²) in [5, 5.41) is 6.83. The molecule has 0 fully saturated rings. The Kier molecular flexibility index (Phi) is 3.69. The van der Waals surface area contributed by atoms with Crippen molar-refractivity contribution in [3.05, 3.63) is 6.07 Å². The van der Waals surface area contributed by atoms with E-state index in [0.29, 0.717) is 23.2 Å². The van der Waals surface area contributed by atoms with Crippen LogP contribution in [0.4, 0.5) is 22.7 Å². The molecule has 0 saturated heterocycles. The van der Waals surface area contributed by atoms with E-state index in [-0.39, 0.29) is 0 Å². The molecule has 0 bridgehead atoms. The second-order valence-corrected chi connectivity index (χ2v) is 4.70. The lowest BCUT2D eigenvalue weighted by Crippen LogP contribution is -2.33. The third-order valence-electron chi connectivity index (χ3n) is 3.36. The van der Waals surface area contributed by atoms with E-state index in [1.807, 2.05) is 0 Å². The van der Waals surface area contributed by atoms with Crippen molar-refractivity contribution in [3.63, 3.8) is 0 Å². The first-order valence-corrected chi connectivity index (χ1v) is 6.43. The summed E-state index contributed by atoms with van der Waals surface area (Å²) in [4.78, 5) is 0. The van der Waals surface area contributed by atoms with Crippen molar-refractivity contribution >= 4 is 22.7 Å². The van der Waals surface area contributed by atoms with Crippen molar-refractivity contribution in [3.8, 4) is 5.75 Å². The molecular weight excluding hydrogens is 228 g/mol. The number of methoxy groups -OCH3 is 1. The normalized spacial score (nSPS) is 17.6. The van der Waals surface area contributed by atoms with Crippen molar-refractivity contribution in [2.75, 3.05) is 35.8 Å². The van der Waals surface area contributed by atoms with E-state index < -0.39 is 0 Å². The third kappa shape index (κ3) is 2.25. The highest BCUT2D eigenvalue weighted by molar-refractivity contribution is 5.94. The Bertz CT molecular complexity index is 433. The zero-order chi connectivity index (χ0) is 13.1. The molecule has 5 nitrogen and oxygen atoms in total. The van der Waals surface area contributed by atoms with Gasteiger partial charge in [0.1, 0.15) is 5.75 Å². The maximum Gasteiger partial charge on any atom is 0.146 e. The zero-order valence-corrected chi connectivity index (χ0v) is 11.0. The van der Waals surface area contributed by atoms with Crippen molar-refractivity contribution in [1.82, 2.24) is 0 Å². The molecule has 1 aliphatic rings. The molecule has 0 spiro atoms. The summed E-state index contributed by atoms with van der Waals surface area (Å²) in [6, 6.07) is 2.15. The number of nitrogens with two attached hydrogens (primary N) is 2. The van der Waals surface area contributed by atoms with Crippen LogP contribution < -0.4 is 26.8 Å². The van der Waals surface area contributed by atoms with Crippen molar-refractivity contribution in [2.45, 2.75) is 32.2 Å². The van der Waals surface area contributed by atoms with Gasteiger partial charge in [-0.3, -0.25) is 0 Å². The van der Waals surface area contributed by atoms with Crippen LogP contribution in [0.2, 0.25) is 0 Å². The number of unbranched alkanes of at least 4 members (excludes halogenated alkanes) is 1. The Morgan fingerprint density at radius 2 is 2.17 bits per heavy atom. The lowest BCUT2D eigenvalue weighted by atomic mass is 10.0. The van der Waals surface area contributed by atoms with E-state index in [1.54, 1.807) is 13.2 Å². The second kappa shape index (κ2) is 5.25. The van der Waals surface area contributed by atoms with Crippen LogP contribution in [-0.2, 0) is 0 Å². The van der Waals surface area contributed by atoms with E-state index in [0.717, 1.165) is 24.3 Å². The fourth-order valence-electron chi connectivity index (χ4n) is 2.31. The van der Waals surface area contributed by atoms with E-state index in [4.69, 9.17) is 16.2 Å². The first kappa shape index (κ1) is 12.7. The van der Waals surface area contributed by atoms with Crippen LogP contribution in [0, 0.1) is 0 Å². The topological polar surface area (TPSA) is 85.3 Å². The van der Waals surface area contributed by atoms with Gasteiger partial charge in [-0.1, -0.05) is 19.8 Å². The number of fused-ring (bicyclic) bond motifs is 1. The Morgan fingerprint density at radius 1 is 1.39 bits per heavy atom. The smallest absolute Gasteiger partial charge is 0.146 e. The molecule has 0 aromatic heterocycles. The molecule has 1 atom stereocenters. The number of ether oxygens (including phenoxy) is 1. The maximum atomic E-state index is 6.09. The monoisotopic (exact) mass is 250 g/mol. The second-order valence-electron chi connectivity index (χ2n) is 4.70. The van der Waals surface area contributed by atoms with Gasteiger partial charge in [-0.25, -0.2) is 0 Å². The van der Waals surface area contributed by atoms with Gasteiger partial charge in [-0.05, 0) is 6.42 Å². The van der Waals surface area contributed by atoms with Gasteiger partial charge in [0.2, 0.25) is 0 Å². The Labute approximate surface area is 108 Å². The molecule has 5 heteroatoms. The molecule has 1 heterocycles. The molecule has 6 N–H and O–H groups in total. The molecule has 100 valence electrons. The van der Waals surface area contributed by atoms with Crippen LogP contribution >= 0.6 is 0 Å². The maximum absolute atomic E-state index is 6.09. The van der Waals surface area contributed by atoms with Gasteiger partial charge in [0, 0.05) is 18.7 Å². The standard InChI is InChI=1S/C13H22N4O/c1-3-4-5-8-7-16-12-9(14)6-10(18-2)11(15)13(12)17-8/h6,8,16-17H,3-5,7,14-15H2,1-2H3.